The van der Waals surface area contributed by atoms with Crippen molar-refractivity contribution in [1.82, 2.24) is 24.4 Å². The summed E-state index contributed by atoms with van der Waals surface area (Å²) in [5.41, 5.74) is 1.21. The Balaban J connectivity index is 1.41. The molecule has 1 aliphatic rings. The number of nitrogens with zero attached hydrogens (tertiary/aromatic N) is 6. The number of hydrogen-bond donors (Lipinski definition) is 0. The molecular formula is C20H20N6O2. The summed E-state index contributed by atoms with van der Waals surface area (Å²) >= 11 is 0. The third-order valence-electron chi connectivity index (χ3n) is 4.84. The summed E-state index contributed by atoms with van der Waals surface area (Å²) in [6.07, 6.45) is 6.77. The molecule has 0 unspecified atom stereocenters. The second-order valence-corrected chi connectivity index (χ2v) is 6.62. The van der Waals surface area contributed by atoms with E-state index in [2.05, 4.69) is 19.9 Å². The lowest BCUT2D eigenvalue weighted by Crippen LogP contribution is -2.49. The van der Waals surface area contributed by atoms with Gasteiger partial charge in [0.05, 0.1) is 0 Å². The summed E-state index contributed by atoms with van der Waals surface area (Å²) < 4.78 is 1.83. The SMILES string of the molecule is CC(=O)c1ccc(C(=O)N2CCN(c3cc(-n4ccnc4)ncn3)CC2)cc1. The standard InChI is InChI=1S/C20H20N6O2/c1-15(27)16-2-4-17(5-3-16)20(28)25-10-8-24(9-11-25)18-12-19(23-13-22-18)26-7-6-21-14-26/h2-7,12-14H,8-11H2,1H3. The summed E-state index contributed by atoms with van der Waals surface area (Å²) in [5.74, 6) is 1.56. The van der Waals surface area contributed by atoms with Crippen LogP contribution in [0.2, 0.25) is 0 Å². The van der Waals surface area contributed by atoms with Crippen molar-refractivity contribution < 1.29 is 9.59 Å². The van der Waals surface area contributed by atoms with Crippen molar-refractivity contribution in [2.75, 3.05) is 31.1 Å². The zero-order chi connectivity index (χ0) is 19.5. The van der Waals surface area contributed by atoms with Crippen molar-refractivity contribution in [2.45, 2.75) is 6.92 Å². The summed E-state index contributed by atoms with van der Waals surface area (Å²) in [6.45, 7) is 4.12. The predicted molar refractivity (Wildman–Crippen MR) is 104 cm³/mol. The number of ketones is 1. The molecule has 1 aromatic carbocycles. The molecule has 1 saturated heterocycles. The molecule has 28 heavy (non-hydrogen) atoms. The number of carbonyl (C=O) groups is 2. The van der Waals surface area contributed by atoms with Gasteiger partial charge in [-0.25, -0.2) is 15.0 Å². The lowest BCUT2D eigenvalue weighted by Gasteiger charge is -2.35. The zero-order valence-corrected chi connectivity index (χ0v) is 15.5. The maximum Gasteiger partial charge on any atom is 0.253 e. The Labute approximate surface area is 162 Å². The van der Waals surface area contributed by atoms with E-state index in [1.807, 2.05) is 21.7 Å². The molecule has 0 radical (unpaired) electrons. The molecule has 0 saturated carbocycles. The average molecular weight is 376 g/mol. The average Bonchev–Trinajstić information content (AvgIpc) is 3.28. The molecule has 142 valence electrons. The molecule has 4 rings (SSSR count). The van der Waals surface area contributed by atoms with E-state index in [-0.39, 0.29) is 11.7 Å². The number of Topliss-reactive ketones (excluding diaryl/α,β-unsaturated/α-hetero) is 1. The molecule has 1 aliphatic heterocycles. The number of aromatic nitrogens is 4. The van der Waals surface area contributed by atoms with Gasteiger partial charge in [-0.05, 0) is 19.1 Å². The van der Waals surface area contributed by atoms with Crippen molar-refractivity contribution in [3.8, 4) is 5.82 Å². The van der Waals surface area contributed by atoms with Crippen molar-refractivity contribution in [3.63, 3.8) is 0 Å². The van der Waals surface area contributed by atoms with E-state index in [1.165, 1.54) is 6.92 Å². The predicted octanol–water partition coefficient (Wildman–Crippen LogP) is 1.83. The molecule has 0 spiro atoms. The highest BCUT2D eigenvalue weighted by atomic mass is 16.2. The van der Waals surface area contributed by atoms with Gasteiger partial charge in [-0.2, -0.15) is 0 Å². The molecule has 3 heterocycles. The van der Waals surface area contributed by atoms with Crippen molar-refractivity contribution >= 4 is 17.5 Å². The number of carbonyl (C=O) groups excluding carboxylic acids is 2. The number of anilines is 1. The quantitative estimate of drug-likeness (QED) is 0.646. The van der Waals surface area contributed by atoms with Crippen molar-refractivity contribution in [2.24, 2.45) is 0 Å². The molecule has 8 heteroatoms. The molecular weight excluding hydrogens is 356 g/mol. The van der Waals surface area contributed by atoms with E-state index >= 15 is 0 Å². The minimum Gasteiger partial charge on any atom is -0.353 e. The maximum absolute atomic E-state index is 12.7. The van der Waals surface area contributed by atoms with Gasteiger partial charge in [-0.3, -0.25) is 14.2 Å². The summed E-state index contributed by atoms with van der Waals surface area (Å²) in [4.78, 5) is 40.8. The molecule has 0 N–H and O–H groups in total. The molecule has 0 bridgehead atoms. The van der Waals surface area contributed by atoms with E-state index in [0.29, 0.717) is 37.3 Å². The Morgan fingerprint density at radius 2 is 1.61 bits per heavy atom. The second kappa shape index (κ2) is 7.59. The first-order valence-corrected chi connectivity index (χ1v) is 9.07. The minimum atomic E-state index is -0.0171. The van der Waals surface area contributed by atoms with E-state index in [4.69, 9.17) is 0 Å². The van der Waals surface area contributed by atoms with Crippen LogP contribution in [0.3, 0.4) is 0 Å². The number of rotatable bonds is 4. The Bertz CT molecular complexity index is 976. The monoisotopic (exact) mass is 376 g/mol. The number of amides is 1. The molecule has 3 aromatic rings. The maximum atomic E-state index is 12.7. The normalized spacial score (nSPS) is 14.2. The first-order chi connectivity index (χ1) is 13.6. The molecule has 0 aliphatic carbocycles. The van der Waals surface area contributed by atoms with E-state index in [9.17, 15) is 9.59 Å². The van der Waals surface area contributed by atoms with Crippen LogP contribution < -0.4 is 4.90 Å². The molecule has 0 atom stereocenters. The van der Waals surface area contributed by atoms with Gasteiger partial charge in [-0.1, -0.05) is 12.1 Å². The minimum absolute atomic E-state index is 0.00692. The van der Waals surface area contributed by atoms with Gasteiger partial charge in [0.1, 0.15) is 24.3 Å². The largest absolute Gasteiger partial charge is 0.353 e. The molecule has 2 aromatic heterocycles. The summed E-state index contributed by atoms with van der Waals surface area (Å²) in [7, 11) is 0. The van der Waals surface area contributed by atoms with Crippen molar-refractivity contribution in [1.29, 1.82) is 0 Å². The van der Waals surface area contributed by atoms with Crippen LogP contribution in [0.25, 0.3) is 5.82 Å². The Hall–Kier alpha value is -3.55. The van der Waals surface area contributed by atoms with Crippen LogP contribution in [0, 0.1) is 0 Å². The lowest BCUT2D eigenvalue weighted by atomic mass is 10.1. The number of imidazole rings is 1. The zero-order valence-electron chi connectivity index (χ0n) is 15.5. The van der Waals surface area contributed by atoms with Crippen LogP contribution in [-0.4, -0.2) is 62.3 Å². The Morgan fingerprint density at radius 3 is 2.25 bits per heavy atom. The Morgan fingerprint density at radius 1 is 0.929 bits per heavy atom. The first-order valence-electron chi connectivity index (χ1n) is 9.07. The third-order valence-corrected chi connectivity index (χ3v) is 4.84. The highest BCUT2D eigenvalue weighted by molar-refractivity contribution is 5.97. The van der Waals surface area contributed by atoms with Crippen LogP contribution >= 0.6 is 0 Å². The van der Waals surface area contributed by atoms with Gasteiger partial charge in [0.2, 0.25) is 0 Å². The van der Waals surface area contributed by atoms with E-state index < -0.39 is 0 Å². The van der Waals surface area contributed by atoms with Crippen LogP contribution in [0.4, 0.5) is 5.82 Å². The fourth-order valence-electron chi connectivity index (χ4n) is 3.21. The third kappa shape index (κ3) is 3.62. The van der Waals surface area contributed by atoms with Crippen LogP contribution in [0.5, 0.6) is 0 Å². The van der Waals surface area contributed by atoms with Crippen LogP contribution in [0.15, 0.2) is 55.4 Å². The summed E-state index contributed by atoms with van der Waals surface area (Å²) in [5, 5.41) is 0. The lowest BCUT2D eigenvalue weighted by molar-refractivity contribution is 0.0746. The van der Waals surface area contributed by atoms with Gasteiger partial charge >= 0.3 is 0 Å². The number of benzene rings is 1. The first kappa shape index (κ1) is 17.8. The highest BCUT2D eigenvalue weighted by Gasteiger charge is 2.23. The van der Waals surface area contributed by atoms with Gasteiger partial charge in [-0.15, -0.1) is 0 Å². The molecule has 1 fully saturated rings. The molecule has 1 amide bonds. The second-order valence-electron chi connectivity index (χ2n) is 6.62. The smallest absolute Gasteiger partial charge is 0.253 e. The van der Waals surface area contributed by atoms with E-state index in [1.54, 1.807) is 43.1 Å². The number of piperazine rings is 1. The van der Waals surface area contributed by atoms with Gasteiger partial charge in [0.25, 0.3) is 5.91 Å². The topological polar surface area (TPSA) is 84.2 Å². The fourth-order valence-corrected chi connectivity index (χ4v) is 3.21. The number of hydrogen-bond acceptors (Lipinski definition) is 6. The highest BCUT2D eigenvalue weighted by Crippen LogP contribution is 2.17. The van der Waals surface area contributed by atoms with Gasteiger partial charge in [0.15, 0.2) is 5.78 Å². The Kier molecular flexibility index (Phi) is 4.84. The van der Waals surface area contributed by atoms with Crippen LogP contribution in [0.1, 0.15) is 27.6 Å². The van der Waals surface area contributed by atoms with E-state index in [0.717, 1.165) is 11.6 Å². The molecule has 8 nitrogen and oxygen atoms in total. The van der Waals surface area contributed by atoms with Gasteiger partial charge in [0, 0.05) is 55.8 Å². The summed E-state index contributed by atoms with van der Waals surface area (Å²) in [6, 6.07) is 8.74. The van der Waals surface area contributed by atoms with Crippen LogP contribution in [-0.2, 0) is 0 Å². The van der Waals surface area contributed by atoms with Crippen molar-refractivity contribution in [3.05, 3.63) is 66.5 Å². The fraction of sp³-hybridized carbons (Fsp3) is 0.250. The van der Waals surface area contributed by atoms with Gasteiger partial charge < -0.3 is 9.80 Å².